The highest BCUT2D eigenvalue weighted by molar-refractivity contribution is 5.11. The maximum Gasteiger partial charge on any atom is 0.0755 e. The first-order valence-corrected chi connectivity index (χ1v) is 6.62. The Hall–Kier alpha value is -0.600. The van der Waals surface area contributed by atoms with Crippen molar-refractivity contribution in [1.82, 2.24) is 0 Å². The number of aliphatic hydroxyl groups is 2. The zero-order valence-corrected chi connectivity index (χ0v) is 11.5. The second-order valence-electron chi connectivity index (χ2n) is 5.65. The van der Waals surface area contributed by atoms with Crippen molar-refractivity contribution in [2.24, 2.45) is 11.8 Å². The van der Waals surface area contributed by atoms with Gasteiger partial charge in [-0.05, 0) is 50.5 Å². The van der Waals surface area contributed by atoms with Gasteiger partial charge in [0.05, 0.1) is 12.2 Å². The van der Waals surface area contributed by atoms with Crippen LogP contribution in [0, 0.1) is 11.8 Å². The molecule has 3 unspecified atom stereocenters. The Bertz CT molecular complexity index is 302. The Morgan fingerprint density at radius 1 is 1.24 bits per heavy atom. The van der Waals surface area contributed by atoms with E-state index in [1.54, 1.807) is 0 Å². The molecule has 0 aromatic carbocycles. The fraction of sp³-hybridized carbons (Fsp3) is 0.733. The largest absolute Gasteiger partial charge is 0.389 e. The van der Waals surface area contributed by atoms with E-state index in [0.717, 1.165) is 18.4 Å². The van der Waals surface area contributed by atoms with Gasteiger partial charge in [0.25, 0.3) is 0 Å². The molecule has 0 fully saturated rings. The van der Waals surface area contributed by atoms with Gasteiger partial charge in [-0.2, -0.15) is 0 Å². The molecule has 0 radical (unpaired) electrons. The van der Waals surface area contributed by atoms with Crippen molar-refractivity contribution in [2.45, 2.75) is 59.2 Å². The summed E-state index contributed by atoms with van der Waals surface area (Å²) in [5.74, 6) is 0.498. The molecule has 1 aliphatic carbocycles. The Balaban J connectivity index is 2.92. The lowest BCUT2D eigenvalue weighted by Crippen LogP contribution is -2.29. The molecule has 0 saturated heterocycles. The monoisotopic (exact) mass is 238 g/mol. The molecule has 2 heteroatoms. The minimum absolute atomic E-state index is 0.126. The Labute approximate surface area is 105 Å². The van der Waals surface area contributed by atoms with Gasteiger partial charge in [0.1, 0.15) is 0 Å². The highest BCUT2D eigenvalue weighted by Gasteiger charge is 2.25. The van der Waals surface area contributed by atoms with E-state index in [2.05, 4.69) is 26.8 Å². The van der Waals surface area contributed by atoms with Crippen LogP contribution in [0.4, 0.5) is 0 Å². The van der Waals surface area contributed by atoms with Crippen molar-refractivity contribution in [3.05, 3.63) is 23.3 Å². The van der Waals surface area contributed by atoms with E-state index in [1.165, 1.54) is 5.57 Å². The molecule has 0 bridgehead atoms. The summed E-state index contributed by atoms with van der Waals surface area (Å²) in [5, 5.41) is 20.3. The maximum atomic E-state index is 10.2. The van der Waals surface area contributed by atoms with Gasteiger partial charge in [-0.15, -0.1) is 0 Å². The van der Waals surface area contributed by atoms with Crippen LogP contribution in [0.5, 0.6) is 0 Å². The van der Waals surface area contributed by atoms with Gasteiger partial charge in [-0.25, -0.2) is 0 Å². The van der Waals surface area contributed by atoms with Crippen molar-refractivity contribution >= 4 is 0 Å². The standard InChI is InChI=1S/C15H26O2/c1-10(2)13-9-14(16)12(4)7-5-6-11(3)8-15(13)17/h7-8,10,13-17H,5-6,9H2,1-4H3. The predicted octanol–water partition coefficient (Wildman–Crippen LogP) is 3.06. The molecule has 3 atom stereocenters. The zero-order chi connectivity index (χ0) is 13.0. The highest BCUT2D eigenvalue weighted by Crippen LogP contribution is 2.27. The molecule has 98 valence electrons. The van der Waals surface area contributed by atoms with E-state index < -0.39 is 12.2 Å². The third-order valence-corrected chi connectivity index (χ3v) is 3.78. The topological polar surface area (TPSA) is 40.5 Å². The molecular weight excluding hydrogens is 212 g/mol. The minimum atomic E-state index is -0.435. The van der Waals surface area contributed by atoms with Gasteiger partial charge in [-0.1, -0.05) is 31.6 Å². The third-order valence-electron chi connectivity index (χ3n) is 3.78. The summed E-state index contributed by atoms with van der Waals surface area (Å²) in [7, 11) is 0. The molecule has 2 N–H and O–H groups in total. The van der Waals surface area contributed by atoms with Crippen molar-refractivity contribution in [3.63, 3.8) is 0 Å². The van der Waals surface area contributed by atoms with Gasteiger partial charge in [0.2, 0.25) is 0 Å². The van der Waals surface area contributed by atoms with Crippen LogP contribution in [0.2, 0.25) is 0 Å². The van der Waals surface area contributed by atoms with E-state index in [0.29, 0.717) is 12.3 Å². The van der Waals surface area contributed by atoms with Crippen LogP contribution in [0.15, 0.2) is 23.3 Å². The van der Waals surface area contributed by atoms with Crippen LogP contribution in [-0.4, -0.2) is 22.4 Å². The fourth-order valence-electron chi connectivity index (χ4n) is 2.41. The van der Waals surface area contributed by atoms with Gasteiger partial charge < -0.3 is 10.2 Å². The summed E-state index contributed by atoms with van der Waals surface area (Å²) in [6.45, 7) is 8.26. The van der Waals surface area contributed by atoms with E-state index in [1.807, 2.05) is 13.0 Å². The van der Waals surface area contributed by atoms with Crippen molar-refractivity contribution < 1.29 is 10.2 Å². The lowest BCUT2D eigenvalue weighted by molar-refractivity contribution is 0.0758. The molecule has 0 spiro atoms. The number of hydrogen-bond acceptors (Lipinski definition) is 2. The Morgan fingerprint density at radius 3 is 2.47 bits per heavy atom. The highest BCUT2D eigenvalue weighted by atomic mass is 16.3. The van der Waals surface area contributed by atoms with Crippen LogP contribution in [0.25, 0.3) is 0 Å². The fourth-order valence-corrected chi connectivity index (χ4v) is 2.41. The average Bonchev–Trinajstić information content (AvgIpc) is 2.23. The van der Waals surface area contributed by atoms with E-state index in [4.69, 9.17) is 0 Å². The van der Waals surface area contributed by atoms with E-state index >= 15 is 0 Å². The molecule has 0 aromatic heterocycles. The lowest BCUT2D eigenvalue weighted by Gasteiger charge is -2.28. The van der Waals surface area contributed by atoms with E-state index in [9.17, 15) is 10.2 Å². The zero-order valence-electron chi connectivity index (χ0n) is 11.5. The van der Waals surface area contributed by atoms with Crippen LogP contribution in [-0.2, 0) is 0 Å². The SMILES string of the molecule is CC1=CC(O)C(C(C)C)CC(O)C(C)=CCC1. The van der Waals surface area contributed by atoms with Crippen molar-refractivity contribution in [2.75, 3.05) is 0 Å². The van der Waals surface area contributed by atoms with E-state index in [-0.39, 0.29) is 5.92 Å². The second kappa shape index (κ2) is 6.36. The summed E-state index contributed by atoms with van der Waals surface area (Å²) in [4.78, 5) is 0. The number of rotatable bonds is 1. The quantitative estimate of drug-likeness (QED) is 0.689. The molecule has 0 aromatic rings. The van der Waals surface area contributed by atoms with Crippen LogP contribution < -0.4 is 0 Å². The van der Waals surface area contributed by atoms with Crippen molar-refractivity contribution in [3.8, 4) is 0 Å². The number of allylic oxidation sites excluding steroid dienone is 2. The van der Waals surface area contributed by atoms with Crippen LogP contribution in [0.3, 0.4) is 0 Å². The molecular formula is C15H26O2. The smallest absolute Gasteiger partial charge is 0.0755 e. The summed E-state index contributed by atoms with van der Waals surface area (Å²) in [6.07, 6.45) is 5.80. The maximum absolute atomic E-state index is 10.2. The molecule has 1 aliphatic rings. The predicted molar refractivity (Wildman–Crippen MR) is 71.7 cm³/mol. The first kappa shape index (κ1) is 14.5. The van der Waals surface area contributed by atoms with Crippen LogP contribution in [0.1, 0.15) is 47.0 Å². The molecule has 2 nitrogen and oxygen atoms in total. The molecule has 17 heavy (non-hydrogen) atoms. The average molecular weight is 238 g/mol. The molecule has 1 rings (SSSR count). The number of aliphatic hydroxyl groups excluding tert-OH is 2. The van der Waals surface area contributed by atoms with Gasteiger partial charge in [0, 0.05) is 0 Å². The minimum Gasteiger partial charge on any atom is -0.389 e. The summed E-state index contributed by atoms with van der Waals surface area (Å²) in [5.41, 5.74) is 2.28. The lowest BCUT2D eigenvalue weighted by atomic mass is 9.82. The molecule has 0 aliphatic heterocycles. The third kappa shape index (κ3) is 4.29. The van der Waals surface area contributed by atoms with Crippen molar-refractivity contribution in [1.29, 1.82) is 0 Å². The second-order valence-corrected chi connectivity index (χ2v) is 5.65. The first-order valence-electron chi connectivity index (χ1n) is 6.62. The van der Waals surface area contributed by atoms with Gasteiger partial charge >= 0.3 is 0 Å². The molecule has 0 amide bonds. The molecule has 0 heterocycles. The summed E-state index contributed by atoms with van der Waals surface area (Å²) < 4.78 is 0. The summed E-state index contributed by atoms with van der Waals surface area (Å²) in [6, 6.07) is 0. The molecule has 0 saturated carbocycles. The first-order chi connectivity index (χ1) is 7.91. The van der Waals surface area contributed by atoms with Gasteiger partial charge in [-0.3, -0.25) is 0 Å². The Morgan fingerprint density at radius 2 is 1.88 bits per heavy atom. The van der Waals surface area contributed by atoms with Crippen LogP contribution >= 0.6 is 0 Å². The summed E-state index contributed by atoms with van der Waals surface area (Å²) >= 11 is 0. The normalized spacial score (nSPS) is 32.1. The number of hydrogen-bond donors (Lipinski definition) is 2. The van der Waals surface area contributed by atoms with Gasteiger partial charge in [0.15, 0.2) is 0 Å². The Kier molecular flexibility index (Phi) is 5.41.